The van der Waals surface area contributed by atoms with Crippen molar-refractivity contribution in [1.82, 2.24) is 0 Å². The molecule has 2 atom stereocenters. The van der Waals surface area contributed by atoms with Gasteiger partial charge in [-0.3, -0.25) is 4.79 Å². The molecule has 0 bridgehead atoms. The van der Waals surface area contributed by atoms with Crippen LogP contribution >= 0.6 is 0 Å². The number of hydrogen-bond acceptors (Lipinski definition) is 3. The molecule has 58 valence electrons. The Morgan fingerprint density at radius 1 is 1.80 bits per heavy atom. The summed E-state index contributed by atoms with van der Waals surface area (Å²) in [5.41, 5.74) is 0. The summed E-state index contributed by atoms with van der Waals surface area (Å²) in [6.07, 6.45) is 0.430. The molecule has 3 heteroatoms. The van der Waals surface area contributed by atoms with E-state index in [1.165, 1.54) is 0 Å². The van der Waals surface area contributed by atoms with Gasteiger partial charge in [-0.1, -0.05) is 6.92 Å². The van der Waals surface area contributed by atoms with Crippen LogP contribution in [0.4, 0.5) is 0 Å². The Bertz CT molecular complexity index is 133. The maximum absolute atomic E-state index is 10.8. The molecule has 1 heterocycles. The van der Waals surface area contributed by atoms with E-state index in [0.29, 0.717) is 12.5 Å². The molecule has 1 rings (SSSR count). The zero-order chi connectivity index (χ0) is 7.56. The van der Waals surface area contributed by atoms with Crippen LogP contribution in [-0.2, 0) is 9.53 Å². The fourth-order valence-electron chi connectivity index (χ4n) is 1.11. The van der Waals surface area contributed by atoms with Crippen LogP contribution in [-0.4, -0.2) is 30.2 Å². The highest BCUT2D eigenvalue weighted by atomic mass is 16.5. The number of hydrogen-bond donors (Lipinski definition) is 1. The van der Waals surface area contributed by atoms with Crippen molar-refractivity contribution in [2.45, 2.75) is 19.4 Å². The molecule has 3 nitrogen and oxygen atoms in total. The molecule has 0 aromatic heterocycles. The topological polar surface area (TPSA) is 46.5 Å². The number of Topliss-reactive ketones (excluding diaryl/α,β-unsaturated/α-hetero) is 1. The van der Waals surface area contributed by atoms with Gasteiger partial charge in [-0.2, -0.15) is 0 Å². The zero-order valence-corrected chi connectivity index (χ0v) is 6.04. The van der Waals surface area contributed by atoms with Crippen LogP contribution in [0, 0.1) is 5.92 Å². The number of rotatable bonds is 2. The van der Waals surface area contributed by atoms with Crippen molar-refractivity contribution in [3.8, 4) is 0 Å². The van der Waals surface area contributed by atoms with E-state index in [1.807, 2.05) is 6.92 Å². The van der Waals surface area contributed by atoms with Gasteiger partial charge in [0, 0.05) is 0 Å². The summed E-state index contributed by atoms with van der Waals surface area (Å²) in [6.45, 7) is 2.29. The molecular formula is C7H12O3. The molecule has 0 saturated carbocycles. The van der Waals surface area contributed by atoms with E-state index < -0.39 is 6.61 Å². The second-order valence-corrected chi connectivity index (χ2v) is 2.79. The molecule has 1 saturated heterocycles. The number of carbonyl (C=O) groups excluding carboxylic acids is 1. The number of aliphatic hydroxyl groups excluding tert-OH is 1. The van der Waals surface area contributed by atoms with Gasteiger partial charge in [0.25, 0.3) is 0 Å². The van der Waals surface area contributed by atoms with Gasteiger partial charge in [0.2, 0.25) is 0 Å². The fourth-order valence-corrected chi connectivity index (χ4v) is 1.11. The third kappa shape index (κ3) is 1.55. The molecule has 2 unspecified atom stereocenters. The van der Waals surface area contributed by atoms with Gasteiger partial charge < -0.3 is 9.84 Å². The molecule has 0 amide bonds. The van der Waals surface area contributed by atoms with Crippen molar-refractivity contribution in [2.75, 3.05) is 13.2 Å². The van der Waals surface area contributed by atoms with Gasteiger partial charge in [0.15, 0.2) is 5.78 Å². The standard InChI is InChI=1S/C7H12O3/c1-5-2-7(10-4-5)6(9)3-8/h5,7-8H,2-4H2,1H3. The first kappa shape index (κ1) is 7.69. The summed E-state index contributed by atoms with van der Waals surface area (Å²) in [7, 11) is 0. The SMILES string of the molecule is CC1COC(C(=O)CO)C1. The monoisotopic (exact) mass is 144 g/mol. The van der Waals surface area contributed by atoms with Crippen LogP contribution in [0.15, 0.2) is 0 Å². The smallest absolute Gasteiger partial charge is 0.186 e. The minimum Gasteiger partial charge on any atom is -0.388 e. The molecule has 1 aliphatic heterocycles. The Morgan fingerprint density at radius 2 is 2.50 bits per heavy atom. The van der Waals surface area contributed by atoms with E-state index in [9.17, 15) is 4.79 Å². The van der Waals surface area contributed by atoms with Crippen molar-refractivity contribution in [3.63, 3.8) is 0 Å². The molecule has 0 aromatic carbocycles. The largest absolute Gasteiger partial charge is 0.388 e. The van der Waals surface area contributed by atoms with Crippen molar-refractivity contribution in [2.24, 2.45) is 5.92 Å². The third-order valence-electron chi connectivity index (χ3n) is 1.71. The lowest BCUT2D eigenvalue weighted by Gasteiger charge is -2.03. The summed E-state index contributed by atoms with van der Waals surface area (Å²) in [6, 6.07) is 0. The number of carbonyl (C=O) groups is 1. The van der Waals surface area contributed by atoms with E-state index in [0.717, 1.165) is 6.42 Å². The molecule has 0 aromatic rings. The predicted molar refractivity (Wildman–Crippen MR) is 35.6 cm³/mol. The first-order valence-electron chi connectivity index (χ1n) is 3.49. The van der Waals surface area contributed by atoms with Crippen molar-refractivity contribution in [1.29, 1.82) is 0 Å². The van der Waals surface area contributed by atoms with Gasteiger partial charge in [0.05, 0.1) is 6.61 Å². The third-order valence-corrected chi connectivity index (χ3v) is 1.71. The molecule has 1 fully saturated rings. The molecule has 1 aliphatic rings. The molecule has 0 spiro atoms. The Kier molecular flexibility index (Phi) is 2.40. The Hall–Kier alpha value is -0.410. The van der Waals surface area contributed by atoms with Crippen LogP contribution < -0.4 is 0 Å². The Balaban J connectivity index is 2.37. The quantitative estimate of drug-likeness (QED) is 0.592. The fraction of sp³-hybridized carbons (Fsp3) is 0.857. The zero-order valence-electron chi connectivity index (χ0n) is 6.04. The summed E-state index contributed by atoms with van der Waals surface area (Å²) >= 11 is 0. The van der Waals surface area contributed by atoms with Crippen LogP contribution in [0.5, 0.6) is 0 Å². The van der Waals surface area contributed by atoms with Gasteiger partial charge in [-0.15, -0.1) is 0 Å². The molecule has 0 radical (unpaired) electrons. The number of ketones is 1. The lowest BCUT2D eigenvalue weighted by molar-refractivity contribution is -0.130. The minimum atomic E-state index is -0.391. The Morgan fingerprint density at radius 3 is 2.90 bits per heavy atom. The summed E-state index contributed by atoms with van der Waals surface area (Å²) in [5, 5.41) is 8.45. The van der Waals surface area contributed by atoms with E-state index in [2.05, 4.69) is 0 Å². The van der Waals surface area contributed by atoms with Gasteiger partial charge in [-0.25, -0.2) is 0 Å². The average molecular weight is 144 g/mol. The Labute approximate surface area is 60.0 Å². The molecule has 10 heavy (non-hydrogen) atoms. The highest BCUT2D eigenvalue weighted by Crippen LogP contribution is 2.18. The van der Waals surface area contributed by atoms with Crippen LogP contribution in [0.25, 0.3) is 0 Å². The number of ether oxygens (including phenoxy) is 1. The highest BCUT2D eigenvalue weighted by molar-refractivity contribution is 5.84. The van der Waals surface area contributed by atoms with Gasteiger partial charge in [-0.05, 0) is 12.3 Å². The van der Waals surface area contributed by atoms with Crippen molar-refractivity contribution in [3.05, 3.63) is 0 Å². The lowest BCUT2D eigenvalue weighted by atomic mass is 10.1. The molecule has 1 N–H and O–H groups in total. The highest BCUT2D eigenvalue weighted by Gasteiger charge is 2.27. The van der Waals surface area contributed by atoms with Crippen LogP contribution in [0.1, 0.15) is 13.3 Å². The second-order valence-electron chi connectivity index (χ2n) is 2.79. The van der Waals surface area contributed by atoms with Crippen LogP contribution in [0.2, 0.25) is 0 Å². The second kappa shape index (κ2) is 3.12. The van der Waals surface area contributed by atoms with E-state index in [1.54, 1.807) is 0 Å². The van der Waals surface area contributed by atoms with Crippen molar-refractivity contribution >= 4 is 5.78 Å². The summed E-state index contributed by atoms with van der Waals surface area (Å²) < 4.78 is 5.11. The van der Waals surface area contributed by atoms with Gasteiger partial charge in [0.1, 0.15) is 12.7 Å². The van der Waals surface area contributed by atoms with Gasteiger partial charge >= 0.3 is 0 Å². The molecule has 0 aliphatic carbocycles. The predicted octanol–water partition coefficient (Wildman–Crippen LogP) is -0.0272. The first-order valence-corrected chi connectivity index (χ1v) is 3.49. The van der Waals surface area contributed by atoms with Crippen molar-refractivity contribution < 1.29 is 14.6 Å². The van der Waals surface area contributed by atoms with E-state index in [-0.39, 0.29) is 11.9 Å². The summed E-state index contributed by atoms with van der Waals surface area (Å²) in [4.78, 5) is 10.8. The minimum absolute atomic E-state index is 0.190. The van der Waals surface area contributed by atoms with E-state index in [4.69, 9.17) is 9.84 Å². The normalized spacial score (nSPS) is 32.6. The molecular weight excluding hydrogens is 132 g/mol. The average Bonchev–Trinajstić information content (AvgIpc) is 2.34. The first-order chi connectivity index (χ1) is 4.74. The maximum atomic E-state index is 10.8. The van der Waals surface area contributed by atoms with E-state index >= 15 is 0 Å². The summed E-state index contributed by atoms with van der Waals surface area (Å²) in [5.74, 6) is 0.268. The van der Waals surface area contributed by atoms with Crippen LogP contribution in [0.3, 0.4) is 0 Å². The lowest BCUT2D eigenvalue weighted by Crippen LogP contribution is -2.22. The maximum Gasteiger partial charge on any atom is 0.186 e. The number of aliphatic hydroxyl groups is 1.